The van der Waals surface area contributed by atoms with E-state index in [1.165, 1.54) is 0 Å². The fourth-order valence-corrected chi connectivity index (χ4v) is 0.547. The molecule has 2 N–H and O–H groups in total. The lowest BCUT2D eigenvalue weighted by Gasteiger charge is -2.31. The van der Waals surface area contributed by atoms with E-state index in [9.17, 15) is 4.39 Å². The van der Waals surface area contributed by atoms with E-state index in [0.29, 0.717) is 6.54 Å². The first-order valence-corrected chi connectivity index (χ1v) is 2.32. The molecule has 1 saturated heterocycles. The van der Waals surface area contributed by atoms with Gasteiger partial charge in [0.1, 0.15) is 6.67 Å². The molecule has 3 heteroatoms. The monoisotopic (exact) mass is 105 g/mol. The molecule has 1 heterocycles. The standard InChI is InChI=1S/C4H8FNO/c5-1-3-4(7)2-6-3/h3-4,6-7H,1-2H2. The van der Waals surface area contributed by atoms with E-state index < -0.39 is 12.8 Å². The molecule has 2 unspecified atom stereocenters. The summed E-state index contributed by atoms with van der Waals surface area (Å²) >= 11 is 0. The van der Waals surface area contributed by atoms with Gasteiger partial charge in [-0.3, -0.25) is 0 Å². The van der Waals surface area contributed by atoms with Gasteiger partial charge in [0, 0.05) is 6.54 Å². The van der Waals surface area contributed by atoms with Gasteiger partial charge in [-0.05, 0) is 0 Å². The van der Waals surface area contributed by atoms with Gasteiger partial charge in [0.15, 0.2) is 0 Å². The van der Waals surface area contributed by atoms with E-state index in [0.717, 1.165) is 0 Å². The van der Waals surface area contributed by atoms with Gasteiger partial charge >= 0.3 is 0 Å². The molecule has 2 atom stereocenters. The van der Waals surface area contributed by atoms with Crippen molar-refractivity contribution < 1.29 is 9.50 Å². The highest BCUT2D eigenvalue weighted by Gasteiger charge is 2.27. The van der Waals surface area contributed by atoms with Crippen LogP contribution in [-0.2, 0) is 0 Å². The summed E-state index contributed by atoms with van der Waals surface area (Å²) in [6.45, 7) is 0.0930. The van der Waals surface area contributed by atoms with Gasteiger partial charge in [-0.25, -0.2) is 4.39 Å². The van der Waals surface area contributed by atoms with Gasteiger partial charge in [-0.15, -0.1) is 0 Å². The van der Waals surface area contributed by atoms with Crippen molar-refractivity contribution in [3.8, 4) is 0 Å². The maximum absolute atomic E-state index is 11.5. The fraction of sp³-hybridized carbons (Fsp3) is 1.00. The van der Waals surface area contributed by atoms with Gasteiger partial charge in [0.05, 0.1) is 12.1 Å². The maximum Gasteiger partial charge on any atom is 0.107 e. The molecule has 0 aliphatic carbocycles. The van der Waals surface area contributed by atoms with Crippen LogP contribution in [0.4, 0.5) is 4.39 Å². The van der Waals surface area contributed by atoms with E-state index in [-0.39, 0.29) is 6.04 Å². The molecule has 1 rings (SSSR count). The molecule has 0 bridgehead atoms. The largest absolute Gasteiger partial charge is 0.390 e. The summed E-state index contributed by atoms with van der Waals surface area (Å²) in [6.07, 6.45) is -0.440. The molecule has 1 aliphatic heterocycles. The third-order valence-electron chi connectivity index (χ3n) is 1.22. The lowest BCUT2D eigenvalue weighted by molar-refractivity contribution is 0.0487. The Morgan fingerprint density at radius 1 is 1.86 bits per heavy atom. The van der Waals surface area contributed by atoms with Crippen LogP contribution in [0.2, 0.25) is 0 Å². The van der Waals surface area contributed by atoms with Crippen molar-refractivity contribution in [3.63, 3.8) is 0 Å². The summed E-state index contributed by atoms with van der Waals surface area (Å²) < 4.78 is 11.5. The second-order valence-corrected chi connectivity index (χ2v) is 1.74. The van der Waals surface area contributed by atoms with Gasteiger partial charge in [0.25, 0.3) is 0 Å². The van der Waals surface area contributed by atoms with Crippen molar-refractivity contribution in [3.05, 3.63) is 0 Å². The molecular weight excluding hydrogens is 97.0 g/mol. The summed E-state index contributed by atoms with van der Waals surface area (Å²) in [5.74, 6) is 0. The van der Waals surface area contributed by atoms with Crippen LogP contribution in [0.1, 0.15) is 0 Å². The van der Waals surface area contributed by atoms with Gasteiger partial charge in [-0.1, -0.05) is 0 Å². The van der Waals surface area contributed by atoms with Crippen LogP contribution in [0.3, 0.4) is 0 Å². The van der Waals surface area contributed by atoms with Crippen molar-refractivity contribution in [1.82, 2.24) is 5.32 Å². The first kappa shape index (κ1) is 5.00. The van der Waals surface area contributed by atoms with Crippen molar-refractivity contribution >= 4 is 0 Å². The molecule has 0 saturated carbocycles. The Morgan fingerprint density at radius 3 is 2.57 bits per heavy atom. The van der Waals surface area contributed by atoms with Crippen LogP contribution in [0.25, 0.3) is 0 Å². The van der Waals surface area contributed by atoms with Crippen molar-refractivity contribution in [1.29, 1.82) is 0 Å². The number of nitrogens with one attached hydrogen (secondary N) is 1. The minimum Gasteiger partial charge on any atom is -0.390 e. The normalized spacial score (nSPS) is 40.3. The quantitative estimate of drug-likeness (QED) is 0.461. The van der Waals surface area contributed by atoms with Gasteiger partial charge in [-0.2, -0.15) is 0 Å². The van der Waals surface area contributed by atoms with E-state index in [1.807, 2.05) is 0 Å². The Kier molecular flexibility index (Phi) is 1.25. The molecule has 42 valence electrons. The van der Waals surface area contributed by atoms with Gasteiger partial charge in [0.2, 0.25) is 0 Å². The molecule has 0 aromatic heterocycles. The van der Waals surface area contributed by atoms with Crippen molar-refractivity contribution in [2.45, 2.75) is 12.1 Å². The molecule has 2 nitrogen and oxygen atoms in total. The number of aliphatic hydroxyl groups excluding tert-OH is 1. The minimum absolute atomic E-state index is 0.278. The number of β-amino-alcohol motifs (C(OH)–C–C–N with tert-alkyl or cyclic N) is 1. The molecule has 0 aromatic rings. The first-order chi connectivity index (χ1) is 3.34. The lowest BCUT2D eigenvalue weighted by Crippen LogP contribution is -2.58. The number of alkyl halides is 1. The summed E-state index contributed by atoms with van der Waals surface area (Å²) in [7, 11) is 0. The SMILES string of the molecule is OC1CNC1CF. The topological polar surface area (TPSA) is 32.3 Å². The molecule has 0 aromatic carbocycles. The highest BCUT2D eigenvalue weighted by molar-refractivity contribution is 4.86. The highest BCUT2D eigenvalue weighted by Crippen LogP contribution is 2.02. The van der Waals surface area contributed by atoms with Gasteiger partial charge < -0.3 is 10.4 Å². The summed E-state index contributed by atoms with van der Waals surface area (Å²) in [5, 5.41) is 11.3. The Labute approximate surface area is 41.3 Å². The Hall–Kier alpha value is -0.150. The molecule has 0 radical (unpaired) electrons. The Morgan fingerprint density at radius 2 is 2.57 bits per heavy atom. The van der Waals surface area contributed by atoms with Crippen molar-refractivity contribution in [2.75, 3.05) is 13.2 Å². The predicted octanol–water partition coefficient (Wildman–Crippen LogP) is -0.711. The molecule has 0 spiro atoms. The first-order valence-electron chi connectivity index (χ1n) is 2.32. The fourth-order valence-electron chi connectivity index (χ4n) is 0.547. The van der Waals surface area contributed by atoms with Crippen molar-refractivity contribution in [2.24, 2.45) is 0 Å². The average molecular weight is 105 g/mol. The maximum atomic E-state index is 11.5. The second-order valence-electron chi connectivity index (χ2n) is 1.74. The van der Waals surface area contributed by atoms with E-state index in [4.69, 9.17) is 5.11 Å². The van der Waals surface area contributed by atoms with Crippen LogP contribution < -0.4 is 5.32 Å². The number of hydrogen-bond donors (Lipinski definition) is 2. The summed E-state index contributed by atoms with van der Waals surface area (Å²) in [4.78, 5) is 0. The van der Waals surface area contributed by atoms with E-state index in [1.54, 1.807) is 0 Å². The van der Waals surface area contributed by atoms with Crippen LogP contribution >= 0.6 is 0 Å². The molecule has 1 aliphatic rings. The van der Waals surface area contributed by atoms with E-state index in [2.05, 4.69) is 5.32 Å². The molecular formula is C4H8FNO. The number of hydrogen-bond acceptors (Lipinski definition) is 2. The van der Waals surface area contributed by atoms with Crippen LogP contribution in [0.15, 0.2) is 0 Å². The smallest absolute Gasteiger partial charge is 0.107 e. The highest BCUT2D eigenvalue weighted by atomic mass is 19.1. The minimum atomic E-state index is -0.457. The third-order valence-corrected chi connectivity index (χ3v) is 1.22. The second kappa shape index (κ2) is 1.76. The third kappa shape index (κ3) is 0.737. The zero-order chi connectivity index (χ0) is 5.28. The summed E-state index contributed by atoms with van der Waals surface area (Å²) in [5.41, 5.74) is 0. The predicted molar refractivity (Wildman–Crippen MR) is 23.8 cm³/mol. The zero-order valence-electron chi connectivity index (χ0n) is 3.89. The number of rotatable bonds is 1. The Bertz CT molecular complexity index is 66.7. The summed E-state index contributed by atoms with van der Waals surface area (Å²) in [6, 6.07) is -0.278. The molecule has 7 heavy (non-hydrogen) atoms. The lowest BCUT2D eigenvalue weighted by atomic mass is 10.1. The zero-order valence-corrected chi connectivity index (χ0v) is 3.89. The van der Waals surface area contributed by atoms with E-state index >= 15 is 0 Å². The number of aliphatic hydroxyl groups is 1. The Balaban J connectivity index is 2.16. The molecule has 0 amide bonds. The van der Waals surface area contributed by atoms with Crippen LogP contribution in [0.5, 0.6) is 0 Å². The van der Waals surface area contributed by atoms with Crippen LogP contribution in [-0.4, -0.2) is 30.5 Å². The average Bonchev–Trinajstić information content (AvgIpc) is 1.65. The molecule has 1 fully saturated rings. The number of halogens is 1. The van der Waals surface area contributed by atoms with Crippen LogP contribution in [0, 0.1) is 0 Å².